The fourth-order valence-electron chi connectivity index (χ4n) is 4.20. The number of benzene rings is 1. The van der Waals surface area contributed by atoms with Crippen molar-refractivity contribution < 1.29 is 9.59 Å². The Morgan fingerprint density at radius 3 is 2.25 bits per heavy atom. The van der Waals surface area contributed by atoms with Crippen LogP contribution in [0.25, 0.3) is 0 Å². The lowest BCUT2D eigenvalue weighted by molar-refractivity contribution is -0.141. The molecule has 2 amide bonds. The molecule has 1 aliphatic carbocycles. The molecule has 0 saturated heterocycles. The zero-order valence-corrected chi connectivity index (χ0v) is 20.2. The van der Waals surface area contributed by atoms with Crippen LogP contribution in [0.15, 0.2) is 59.3 Å². The summed E-state index contributed by atoms with van der Waals surface area (Å²) in [6.07, 6.45) is 5.75. The minimum Gasteiger partial charge on any atom is -0.351 e. The lowest BCUT2D eigenvalue weighted by atomic mass is 9.94. The van der Waals surface area contributed by atoms with Crippen molar-refractivity contribution in [2.24, 2.45) is 0 Å². The second-order valence-corrected chi connectivity index (χ2v) is 10.7. The largest absolute Gasteiger partial charge is 0.351 e. The maximum absolute atomic E-state index is 13.6. The van der Waals surface area contributed by atoms with E-state index >= 15 is 0 Å². The van der Waals surface area contributed by atoms with Gasteiger partial charge in [-0.15, -0.1) is 22.7 Å². The molecule has 0 aliphatic heterocycles. The number of carbonyl (C=O) groups excluding carboxylic acids is 2. The molecule has 1 aromatic carbocycles. The van der Waals surface area contributed by atoms with Gasteiger partial charge < -0.3 is 10.2 Å². The van der Waals surface area contributed by atoms with Crippen LogP contribution in [0.1, 0.15) is 53.5 Å². The van der Waals surface area contributed by atoms with Gasteiger partial charge in [-0.05, 0) is 53.4 Å². The summed E-state index contributed by atoms with van der Waals surface area (Å²) in [5.74, 6) is -0.171. The number of thiophene rings is 2. The lowest BCUT2D eigenvalue weighted by Crippen LogP contribution is -2.47. The summed E-state index contributed by atoms with van der Waals surface area (Å²) in [6, 6.07) is 14.6. The minimum absolute atomic E-state index is 0.0559. The smallest absolute Gasteiger partial charge is 0.247 e. The fourth-order valence-corrected chi connectivity index (χ4v) is 5.73. The first-order valence-electron chi connectivity index (χ1n) is 11.0. The molecule has 32 heavy (non-hydrogen) atoms. The molecule has 4 nitrogen and oxygen atoms in total. The molecule has 0 spiro atoms. The number of nitrogens with zero attached hydrogens (tertiary/aromatic N) is 1. The van der Waals surface area contributed by atoms with Gasteiger partial charge in [0.2, 0.25) is 11.8 Å². The average molecular weight is 487 g/mol. The van der Waals surface area contributed by atoms with Gasteiger partial charge in [-0.3, -0.25) is 9.59 Å². The molecule has 168 valence electrons. The van der Waals surface area contributed by atoms with Crippen LogP contribution in [-0.2, 0) is 22.6 Å². The molecule has 4 rings (SSSR count). The van der Waals surface area contributed by atoms with E-state index in [4.69, 9.17) is 11.6 Å². The van der Waals surface area contributed by atoms with Gasteiger partial charge in [-0.25, -0.2) is 0 Å². The molecule has 1 atom stereocenters. The SMILES string of the molecule is O=C(NC1CCCCC1)C(c1ccc(Cl)cc1)N(Cc1cccs1)C(=O)Cc1cccs1. The van der Waals surface area contributed by atoms with E-state index in [0.717, 1.165) is 41.0 Å². The van der Waals surface area contributed by atoms with E-state index in [1.54, 1.807) is 39.7 Å². The van der Waals surface area contributed by atoms with E-state index in [-0.39, 0.29) is 24.3 Å². The summed E-state index contributed by atoms with van der Waals surface area (Å²) in [5, 5.41) is 7.82. The van der Waals surface area contributed by atoms with E-state index in [9.17, 15) is 9.59 Å². The second kappa shape index (κ2) is 11.1. The summed E-state index contributed by atoms with van der Waals surface area (Å²) < 4.78 is 0. The van der Waals surface area contributed by atoms with E-state index in [1.807, 2.05) is 47.2 Å². The number of rotatable bonds is 8. The summed E-state index contributed by atoms with van der Waals surface area (Å²) in [5.41, 5.74) is 0.777. The molecule has 0 bridgehead atoms. The quantitative estimate of drug-likeness (QED) is 0.410. The molecule has 1 fully saturated rings. The van der Waals surface area contributed by atoms with Crippen molar-refractivity contribution in [2.45, 2.75) is 57.2 Å². The maximum Gasteiger partial charge on any atom is 0.247 e. The number of nitrogens with one attached hydrogen (secondary N) is 1. The van der Waals surface area contributed by atoms with Gasteiger partial charge in [0.15, 0.2) is 0 Å². The Hall–Kier alpha value is -2.15. The third-order valence-corrected chi connectivity index (χ3v) is 7.82. The topological polar surface area (TPSA) is 49.4 Å². The van der Waals surface area contributed by atoms with Crippen LogP contribution in [0.2, 0.25) is 5.02 Å². The van der Waals surface area contributed by atoms with Crippen molar-refractivity contribution >= 4 is 46.1 Å². The molecule has 2 heterocycles. The maximum atomic E-state index is 13.6. The average Bonchev–Trinajstić information content (AvgIpc) is 3.49. The van der Waals surface area contributed by atoms with Crippen LogP contribution in [-0.4, -0.2) is 22.8 Å². The summed E-state index contributed by atoms with van der Waals surface area (Å²) in [6.45, 7) is 0.396. The minimum atomic E-state index is -0.705. The molecule has 0 radical (unpaired) electrons. The predicted octanol–water partition coefficient (Wildman–Crippen LogP) is 6.22. The van der Waals surface area contributed by atoms with Crippen LogP contribution < -0.4 is 5.32 Å². The van der Waals surface area contributed by atoms with Crippen LogP contribution in [0.3, 0.4) is 0 Å². The van der Waals surface area contributed by atoms with Gasteiger partial charge in [-0.2, -0.15) is 0 Å². The third-order valence-electron chi connectivity index (χ3n) is 5.83. The highest BCUT2D eigenvalue weighted by Crippen LogP contribution is 2.28. The molecule has 7 heteroatoms. The molecule has 1 aliphatic rings. The lowest BCUT2D eigenvalue weighted by Gasteiger charge is -2.33. The van der Waals surface area contributed by atoms with E-state index in [0.29, 0.717) is 11.6 Å². The van der Waals surface area contributed by atoms with Crippen LogP contribution in [0.5, 0.6) is 0 Å². The van der Waals surface area contributed by atoms with E-state index in [1.165, 1.54) is 6.42 Å². The number of carbonyl (C=O) groups is 2. The second-order valence-electron chi connectivity index (χ2n) is 8.15. The number of hydrogen-bond donors (Lipinski definition) is 1. The highest BCUT2D eigenvalue weighted by molar-refractivity contribution is 7.10. The molecular weight excluding hydrogens is 460 g/mol. The molecule has 1 saturated carbocycles. The number of hydrogen-bond acceptors (Lipinski definition) is 4. The standard InChI is InChI=1S/C25H27ClN2O2S2/c26-19-12-10-18(11-13-19)24(25(30)27-20-6-2-1-3-7-20)28(17-22-9-5-15-32-22)23(29)16-21-8-4-14-31-21/h4-5,8-15,20,24H,1-3,6-7,16-17H2,(H,27,30). The first kappa shape index (κ1) is 23.0. The predicted molar refractivity (Wildman–Crippen MR) is 132 cm³/mol. The molecule has 2 aromatic heterocycles. The zero-order valence-electron chi connectivity index (χ0n) is 17.8. The highest BCUT2D eigenvalue weighted by Gasteiger charge is 2.33. The Bertz CT molecular complexity index is 997. The van der Waals surface area contributed by atoms with Gasteiger partial charge >= 0.3 is 0 Å². The highest BCUT2D eigenvalue weighted by atomic mass is 35.5. The normalized spacial score (nSPS) is 15.3. The first-order valence-corrected chi connectivity index (χ1v) is 13.1. The monoisotopic (exact) mass is 486 g/mol. The molecular formula is C25H27ClN2O2S2. The van der Waals surface area contributed by atoms with Crippen molar-refractivity contribution in [3.05, 3.63) is 79.6 Å². The molecule has 1 unspecified atom stereocenters. The van der Waals surface area contributed by atoms with Crippen molar-refractivity contribution in [1.29, 1.82) is 0 Å². The summed E-state index contributed by atoms with van der Waals surface area (Å²) in [4.78, 5) is 31.0. The van der Waals surface area contributed by atoms with Crippen molar-refractivity contribution in [3.63, 3.8) is 0 Å². The summed E-state index contributed by atoms with van der Waals surface area (Å²) >= 11 is 9.28. The Kier molecular flexibility index (Phi) is 8.00. The third kappa shape index (κ3) is 6.00. The molecule has 1 N–H and O–H groups in total. The Morgan fingerprint density at radius 1 is 0.969 bits per heavy atom. The van der Waals surface area contributed by atoms with E-state index in [2.05, 4.69) is 5.32 Å². The van der Waals surface area contributed by atoms with E-state index < -0.39 is 6.04 Å². The Morgan fingerprint density at radius 2 is 1.62 bits per heavy atom. The van der Waals surface area contributed by atoms with Crippen LogP contribution >= 0.6 is 34.3 Å². The fraction of sp³-hybridized carbons (Fsp3) is 0.360. The van der Waals surface area contributed by atoms with Crippen molar-refractivity contribution in [2.75, 3.05) is 0 Å². The van der Waals surface area contributed by atoms with Gasteiger partial charge in [0.25, 0.3) is 0 Å². The van der Waals surface area contributed by atoms with Crippen LogP contribution in [0.4, 0.5) is 0 Å². The van der Waals surface area contributed by atoms with Crippen molar-refractivity contribution in [3.8, 4) is 0 Å². The van der Waals surface area contributed by atoms with Crippen LogP contribution in [0, 0.1) is 0 Å². The van der Waals surface area contributed by atoms with Gasteiger partial charge in [0, 0.05) is 20.8 Å². The Labute approximate surface area is 202 Å². The molecule has 3 aromatic rings. The first-order chi connectivity index (χ1) is 15.6. The zero-order chi connectivity index (χ0) is 22.3. The van der Waals surface area contributed by atoms with Gasteiger partial charge in [-0.1, -0.05) is 55.1 Å². The number of amides is 2. The van der Waals surface area contributed by atoms with Gasteiger partial charge in [0.1, 0.15) is 6.04 Å². The summed E-state index contributed by atoms with van der Waals surface area (Å²) in [7, 11) is 0. The Balaban J connectivity index is 1.66. The van der Waals surface area contributed by atoms with Gasteiger partial charge in [0.05, 0.1) is 13.0 Å². The number of halogens is 1. The van der Waals surface area contributed by atoms with Crippen molar-refractivity contribution in [1.82, 2.24) is 10.2 Å².